The van der Waals surface area contributed by atoms with E-state index in [1.165, 1.54) is 0 Å². The van der Waals surface area contributed by atoms with E-state index in [0.29, 0.717) is 0 Å². The lowest BCUT2D eigenvalue weighted by molar-refractivity contribution is 0.796. The summed E-state index contributed by atoms with van der Waals surface area (Å²) in [6.45, 7) is 3.02. The van der Waals surface area contributed by atoms with Crippen molar-refractivity contribution in [1.82, 2.24) is 14.5 Å². The average Bonchev–Trinajstić information content (AvgIpc) is 2.77. The fourth-order valence-electron chi connectivity index (χ4n) is 2.14. The van der Waals surface area contributed by atoms with Crippen LogP contribution >= 0.6 is 15.9 Å². The smallest absolute Gasteiger partial charge is 0.142 e. The first-order chi connectivity index (χ1) is 8.79. The first kappa shape index (κ1) is 11.4. The third-order valence-corrected chi connectivity index (χ3v) is 3.44. The van der Waals surface area contributed by atoms with Crippen LogP contribution in [0.5, 0.6) is 0 Å². The molecule has 0 aliphatic carbocycles. The molecule has 2 aromatic heterocycles. The molecule has 3 aromatic rings. The summed E-state index contributed by atoms with van der Waals surface area (Å²) >= 11 is 3.48. The Kier molecular flexibility index (Phi) is 2.88. The van der Waals surface area contributed by atoms with Crippen LogP contribution in [0.15, 0.2) is 47.2 Å². The molecule has 0 saturated heterocycles. The predicted octanol–water partition coefficient (Wildman–Crippen LogP) is 3.88. The lowest BCUT2D eigenvalue weighted by Crippen LogP contribution is -1.97. The maximum Gasteiger partial charge on any atom is 0.142 e. The van der Waals surface area contributed by atoms with Gasteiger partial charge in [-0.1, -0.05) is 15.9 Å². The van der Waals surface area contributed by atoms with Crippen LogP contribution in [-0.2, 0) is 6.54 Å². The molecule has 0 spiro atoms. The summed E-state index contributed by atoms with van der Waals surface area (Å²) in [5.41, 5.74) is 3.20. The Morgan fingerprint density at radius 2 is 2.17 bits per heavy atom. The normalized spacial score (nSPS) is 11.0. The second kappa shape index (κ2) is 4.53. The van der Waals surface area contributed by atoms with Crippen molar-refractivity contribution in [3.05, 3.63) is 47.2 Å². The summed E-state index contributed by atoms with van der Waals surface area (Å²) in [4.78, 5) is 8.87. The third kappa shape index (κ3) is 1.82. The molecule has 0 aliphatic rings. The summed E-state index contributed by atoms with van der Waals surface area (Å²) < 4.78 is 3.26. The van der Waals surface area contributed by atoms with Gasteiger partial charge in [0.05, 0.1) is 11.0 Å². The van der Waals surface area contributed by atoms with E-state index in [1.807, 2.05) is 30.5 Å². The van der Waals surface area contributed by atoms with E-state index >= 15 is 0 Å². The number of fused-ring (bicyclic) bond motifs is 1. The molecule has 0 saturated carbocycles. The predicted molar refractivity (Wildman–Crippen MR) is 76.3 cm³/mol. The monoisotopic (exact) mass is 301 g/mol. The minimum Gasteiger partial charge on any atom is -0.324 e. The van der Waals surface area contributed by atoms with Crippen molar-refractivity contribution in [2.75, 3.05) is 0 Å². The maximum atomic E-state index is 4.71. The minimum absolute atomic E-state index is 0.891. The molecule has 0 N–H and O–H groups in total. The van der Waals surface area contributed by atoms with Gasteiger partial charge in [-0.05, 0) is 37.3 Å². The minimum atomic E-state index is 0.891. The first-order valence-electron chi connectivity index (χ1n) is 5.86. The largest absolute Gasteiger partial charge is 0.324 e. The lowest BCUT2D eigenvalue weighted by atomic mass is 10.2. The van der Waals surface area contributed by atoms with Gasteiger partial charge in [0.2, 0.25) is 0 Å². The van der Waals surface area contributed by atoms with E-state index in [4.69, 9.17) is 4.98 Å². The highest BCUT2D eigenvalue weighted by atomic mass is 79.9. The zero-order valence-corrected chi connectivity index (χ0v) is 11.6. The van der Waals surface area contributed by atoms with E-state index in [-0.39, 0.29) is 0 Å². The Morgan fingerprint density at radius 3 is 2.89 bits per heavy atom. The van der Waals surface area contributed by atoms with Gasteiger partial charge in [-0.25, -0.2) is 4.98 Å². The quantitative estimate of drug-likeness (QED) is 0.719. The maximum absolute atomic E-state index is 4.71. The van der Waals surface area contributed by atoms with Gasteiger partial charge in [-0.15, -0.1) is 0 Å². The van der Waals surface area contributed by atoms with E-state index in [0.717, 1.165) is 33.4 Å². The first-order valence-corrected chi connectivity index (χ1v) is 6.65. The van der Waals surface area contributed by atoms with Crippen molar-refractivity contribution in [3.8, 4) is 11.4 Å². The fourth-order valence-corrected chi connectivity index (χ4v) is 2.49. The highest BCUT2D eigenvalue weighted by Crippen LogP contribution is 2.26. The van der Waals surface area contributed by atoms with Gasteiger partial charge < -0.3 is 4.57 Å². The molecule has 1 aromatic carbocycles. The van der Waals surface area contributed by atoms with E-state index in [2.05, 4.69) is 38.5 Å². The molecule has 0 unspecified atom stereocenters. The number of benzene rings is 1. The highest BCUT2D eigenvalue weighted by molar-refractivity contribution is 9.10. The molecule has 0 atom stereocenters. The van der Waals surface area contributed by atoms with Crippen molar-refractivity contribution < 1.29 is 0 Å². The molecule has 0 bridgehead atoms. The van der Waals surface area contributed by atoms with Crippen molar-refractivity contribution in [3.63, 3.8) is 0 Å². The van der Waals surface area contributed by atoms with Crippen LogP contribution in [0.4, 0.5) is 0 Å². The average molecular weight is 302 g/mol. The third-order valence-electron chi connectivity index (χ3n) is 2.95. The molecule has 2 heterocycles. The number of hydrogen-bond donors (Lipinski definition) is 0. The van der Waals surface area contributed by atoms with Gasteiger partial charge in [0.15, 0.2) is 0 Å². The lowest BCUT2D eigenvalue weighted by Gasteiger charge is -2.05. The van der Waals surface area contributed by atoms with Crippen LogP contribution in [0, 0.1) is 0 Å². The standard InChI is InChI=1S/C14H12BrN3/c1-2-18-13-6-5-11(15)8-12(13)17-14(18)10-4-3-7-16-9-10/h3-9H,2H2,1H3. The Labute approximate surface area is 114 Å². The zero-order chi connectivity index (χ0) is 12.5. The SMILES string of the molecule is CCn1c(-c2cccnc2)nc2cc(Br)ccc21. The second-order valence-corrected chi connectivity index (χ2v) is 4.97. The number of aryl methyl sites for hydroxylation is 1. The highest BCUT2D eigenvalue weighted by Gasteiger charge is 2.11. The number of halogens is 1. The van der Waals surface area contributed by atoms with Crippen LogP contribution in [0.2, 0.25) is 0 Å². The van der Waals surface area contributed by atoms with Crippen LogP contribution in [0.1, 0.15) is 6.92 Å². The van der Waals surface area contributed by atoms with Gasteiger partial charge in [0.1, 0.15) is 5.82 Å². The molecule has 3 nitrogen and oxygen atoms in total. The number of pyridine rings is 1. The number of imidazole rings is 1. The van der Waals surface area contributed by atoms with Crippen LogP contribution in [0.3, 0.4) is 0 Å². The van der Waals surface area contributed by atoms with Gasteiger partial charge in [-0.2, -0.15) is 0 Å². The van der Waals surface area contributed by atoms with Gasteiger partial charge in [0, 0.05) is 29.0 Å². The number of nitrogens with zero attached hydrogens (tertiary/aromatic N) is 3. The topological polar surface area (TPSA) is 30.7 Å². The van der Waals surface area contributed by atoms with Crippen molar-refractivity contribution in [2.24, 2.45) is 0 Å². The van der Waals surface area contributed by atoms with Crippen LogP contribution < -0.4 is 0 Å². The summed E-state index contributed by atoms with van der Waals surface area (Å²) in [5.74, 6) is 0.971. The van der Waals surface area contributed by atoms with E-state index < -0.39 is 0 Å². The van der Waals surface area contributed by atoms with Gasteiger partial charge >= 0.3 is 0 Å². The Hall–Kier alpha value is -1.68. The fraction of sp³-hybridized carbons (Fsp3) is 0.143. The van der Waals surface area contributed by atoms with Crippen LogP contribution in [-0.4, -0.2) is 14.5 Å². The number of aromatic nitrogens is 3. The molecule has 0 aliphatic heterocycles. The molecule has 0 radical (unpaired) electrons. The molecular weight excluding hydrogens is 290 g/mol. The molecule has 18 heavy (non-hydrogen) atoms. The summed E-state index contributed by atoms with van der Waals surface area (Å²) in [7, 11) is 0. The Balaban J connectivity index is 2.29. The van der Waals surface area contributed by atoms with Crippen LogP contribution in [0.25, 0.3) is 22.4 Å². The van der Waals surface area contributed by atoms with E-state index in [9.17, 15) is 0 Å². The molecule has 3 rings (SSSR count). The van der Waals surface area contributed by atoms with Crippen molar-refractivity contribution >= 4 is 27.0 Å². The summed E-state index contributed by atoms with van der Waals surface area (Å²) in [5, 5.41) is 0. The Morgan fingerprint density at radius 1 is 1.28 bits per heavy atom. The summed E-state index contributed by atoms with van der Waals surface area (Å²) in [6.07, 6.45) is 3.63. The number of hydrogen-bond acceptors (Lipinski definition) is 2. The Bertz CT molecular complexity index is 689. The molecule has 4 heteroatoms. The van der Waals surface area contributed by atoms with E-state index in [1.54, 1.807) is 6.20 Å². The van der Waals surface area contributed by atoms with Gasteiger partial charge in [0.25, 0.3) is 0 Å². The number of rotatable bonds is 2. The molecular formula is C14H12BrN3. The molecule has 90 valence electrons. The van der Waals surface area contributed by atoms with Crippen molar-refractivity contribution in [2.45, 2.75) is 13.5 Å². The van der Waals surface area contributed by atoms with Crippen molar-refractivity contribution in [1.29, 1.82) is 0 Å². The second-order valence-electron chi connectivity index (χ2n) is 4.05. The zero-order valence-electron chi connectivity index (χ0n) is 9.97. The molecule has 0 fully saturated rings. The van der Waals surface area contributed by atoms with Gasteiger partial charge in [-0.3, -0.25) is 4.98 Å². The summed E-state index contributed by atoms with van der Waals surface area (Å²) in [6, 6.07) is 10.2. The molecule has 0 amide bonds.